The van der Waals surface area contributed by atoms with Gasteiger partial charge in [0.2, 0.25) is 11.8 Å². The minimum absolute atomic E-state index is 0.0840. The number of fused-ring (bicyclic) bond motifs is 2. The Balaban J connectivity index is 1.50. The van der Waals surface area contributed by atoms with Gasteiger partial charge in [0, 0.05) is 20.2 Å². The average molecular weight is 388 g/mol. The number of hydrogen-bond acceptors (Lipinski definition) is 3. The van der Waals surface area contributed by atoms with Gasteiger partial charge in [-0.3, -0.25) is 9.59 Å². The molecule has 0 saturated carbocycles. The molecule has 0 fully saturated rings. The molecule has 2 heterocycles. The quantitative estimate of drug-likeness (QED) is 0.744. The standard InChI is InChI=1S/C23H24N4O2/c1-15-8-9-20-19(12-15)25-22(26(20)3)14-24-23(29)13-21-18-7-5-4-6-17(18)10-11-27(21)16(2)28/h4-12,21H,13-14H2,1-3H3,(H,24,29). The summed E-state index contributed by atoms with van der Waals surface area (Å²) in [5.41, 5.74) is 5.13. The molecular weight excluding hydrogens is 364 g/mol. The van der Waals surface area contributed by atoms with E-state index in [-0.39, 0.29) is 24.3 Å². The van der Waals surface area contributed by atoms with Crippen molar-refractivity contribution >= 4 is 28.9 Å². The fourth-order valence-corrected chi connectivity index (χ4v) is 3.86. The van der Waals surface area contributed by atoms with E-state index in [9.17, 15) is 9.59 Å². The van der Waals surface area contributed by atoms with Crippen molar-refractivity contribution in [2.24, 2.45) is 7.05 Å². The predicted octanol–water partition coefficient (Wildman–Crippen LogP) is 3.46. The summed E-state index contributed by atoms with van der Waals surface area (Å²) in [6, 6.07) is 13.7. The smallest absolute Gasteiger partial charge is 0.223 e. The molecule has 6 heteroatoms. The van der Waals surface area contributed by atoms with Crippen LogP contribution in [0.15, 0.2) is 48.7 Å². The number of imidazole rings is 1. The Kier molecular flexibility index (Phi) is 4.92. The van der Waals surface area contributed by atoms with Gasteiger partial charge in [0.25, 0.3) is 0 Å². The number of carbonyl (C=O) groups is 2. The molecule has 1 unspecified atom stereocenters. The van der Waals surface area contributed by atoms with Crippen molar-refractivity contribution < 1.29 is 9.59 Å². The number of hydrogen-bond donors (Lipinski definition) is 1. The maximum atomic E-state index is 12.7. The van der Waals surface area contributed by atoms with Gasteiger partial charge in [-0.05, 0) is 41.8 Å². The number of carbonyl (C=O) groups excluding carboxylic acids is 2. The van der Waals surface area contributed by atoms with Crippen LogP contribution < -0.4 is 5.32 Å². The fourth-order valence-electron chi connectivity index (χ4n) is 3.86. The van der Waals surface area contributed by atoms with Crippen LogP contribution in [-0.4, -0.2) is 26.3 Å². The lowest BCUT2D eigenvalue weighted by atomic mass is 9.93. The third kappa shape index (κ3) is 3.66. The summed E-state index contributed by atoms with van der Waals surface area (Å²) in [7, 11) is 1.95. The molecule has 1 aliphatic rings. The number of benzene rings is 2. The van der Waals surface area contributed by atoms with Gasteiger partial charge in [0.05, 0.1) is 30.0 Å². The Morgan fingerprint density at radius 2 is 1.97 bits per heavy atom. The molecule has 0 spiro atoms. The lowest BCUT2D eigenvalue weighted by Crippen LogP contribution is -2.35. The van der Waals surface area contributed by atoms with Crippen LogP contribution in [0, 0.1) is 6.92 Å². The molecule has 1 atom stereocenters. The molecular formula is C23H24N4O2. The number of nitrogens with one attached hydrogen (secondary N) is 1. The van der Waals surface area contributed by atoms with Crippen LogP contribution in [0.4, 0.5) is 0 Å². The van der Waals surface area contributed by atoms with Crippen LogP contribution in [0.3, 0.4) is 0 Å². The number of aromatic nitrogens is 2. The van der Waals surface area contributed by atoms with Gasteiger partial charge >= 0.3 is 0 Å². The van der Waals surface area contributed by atoms with E-state index < -0.39 is 0 Å². The number of amides is 2. The molecule has 0 saturated heterocycles. The van der Waals surface area contributed by atoms with Crippen molar-refractivity contribution in [2.45, 2.75) is 32.9 Å². The predicted molar refractivity (Wildman–Crippen MR) is 113 cm³/mol. The average Bonchev–Trinajstić information content (AvgIpc) is 3.01. The van der Waals surface area contributed by atoms with Crippen LogP contribution in [0.5, 0.6) is 0 Å². The normalized spacial score (nSPS) is 15.4. The van der Waals surface area contributed by atoms with Crippen molar-refractivity contribution in [3.05, 3.63) is 71.2 Å². The summed E-state index contributed by atoms with van der Waals surface area (Å²) in [4.78, 5) is 31.1. The highest BCUT2D eigenvalue weighted by atomic mass is 16.2. The van der Waals surface area contributed by atoms with Crippen LogP contribution in [0.2, 0.25) is 0 Å². The SMILES string of the molecule is CC(=O)N1C=Cc2ccccc2C1CC(=O)NCc1nc2cc(C)ccc2n1C. The van der Waals surface area contributed by atoms with E-state index in [1.54, 1.807) is 11.1 Å². The second-order valence-electron chi connectivity index (χ2n) is 7.45. The Bertz CT molecular complexity index is 1130. The first-order chi connectivity index (χ1) is 13.9. The molecule has 1 aromatic heterocycles. The minimum atomic E-state index is -0.309. The molecule has 0 aliphatic carbocycles. The van der Waals surface area contributed by atoms with Crippen LogP contribution in [0.25, 0.3) is 17.1 Å². The molecule has 3 aromatic rings. The van der Waals surface area contributed by atoms with Gasteiger partial charge < -0.3 is 14.8 Å². The van der Waals surface area contributed by atoms with Gasteiger partial charge in [-0.1, -0.05) is 30.3 Å². The summed E-state index contributed by atoms with van der Waals surface area (Å²) in [6.45, 7) is 3.89. The molecule has 2 amide bonds. The van der Waals surface area contributed by atoms with Gasteiger partial charge in [-0.2, -0.15) is 0 Å². The van der Waals surface area contributed by atoms with E-state index in [2.05, 4.69) is 16.4 Å². The van der Waals surface area contributed by atoms with Gasteiger partial charge in [0.1, 0.15) is 5.82 Å². The van der Waals surface area contributed by atoms with Crippen LogP contribution >= 0.6 is 0 Å². The highest BCUT2D eigenvalue weighted by Gasteiger charge is 2.28. The van der Waals surface area contributed by atoms with Gasteiger partial charge in [-0.15, -0.1) is 0 Å². The van der Waals surface area contributed by atoms with E-state index in [1.807, 2.05) is 61.0 Å². The minimum Gasteiger partial charge on any atom is -0.349 e. The number of aryl methyl sites for hydroxylation is 2. The van der Waals surface area contributed by atoms with Gasteiger partial charge in [-0.25, -0.2) is 4.98 Å². The molecule has 1 aliphatic heterocycles. The zero-order valence-corrected chi connectivity index (χ0v) is 16.8. The van der Waals surface area contributed by atoms with Crippen LogP contribution in [0.1, 0.15) is 41.9 Å². The highest BCUT2D eigenvalue weighted by Crippen LogP contribution is 2.32. The molecule has 29 heavy (non-hydrogen) atoms. The van der Waals surface area contributed by atoms with E-state index in [4.69, 9.17) is 0 Å². The molecule has 1 N–H and O–H groups in total. The number of nitrogens with zero attached hydrogens (tertiary/aromatic N) is 3. The zero-order valence-electron chi connectivity index (χ0n) is 16.8. The third-order valence-corrected chi connectivity index (χ3v) is 5.42. The fraction of sp³-hybridized carbons (Fsp3) is 0.261. The lowest BCUT2D eigenvalue weighted by molar-refractivity contribution is -0.130. The Hall–Kier alpha value is -3.41. The molecule has 0 bridgehead atoms. The molecule has 148 valence electrons. The number of rotatable bonds is 4. The highest BCUT2D eigenvalue weighted by molar-refractivity contribution is 5.82. The largest absolute Gasteiger partial charge is 0.349 e. The summed E-state index contributed by atoms with van der Waals surface area (Å²) in [5.74, 6) is 0.597. The van der Waals surface area contributed by atoms with Crippen molar-refractivity contribution in [2.75, 3.05) is 0 Å². The molecule has 6 nitrogen and oxygen atoms in total. The summed E-state index contributed by atoms with van der Waals surface area (Å²) in [6.07, 6.45) is 3.87. The van der Waals surface area contributed by atoms with E-state index in [0.717, 1.165) is 33.5 Å². The summed E-state index contributed by atoms with van der Waals surface area (Å²) >= 11 is 0. The van der Waals surface area contributed by atoms with Gasteiger partial charge in [0.15, 0.2) is 0 Å². The van der Waals surface area contributed by atoms with Crippen molar-refractivity contribution in [3.8, 4) is 0 Å². The molecule has 0 radical (unpaired) electrons. The monoisotopic (exact) mass is 388 g/mol. The Morgan fingerprint density at radius 3 is 2.76 bits per heavy atom. The second-order valence-corrected chi connectivity index (χ2v) is 7.45. The van der Waals surface area contributed by atoms with Crippen molar-refractivity contribution in [1.29, 1.82) is 0 Å². The van der Waals surface area contributed by atoms with Crippen molar-refractivity contribution in [1.82, 2.24) is 19.8 Å². The maximum absolute atomic E-state index is 12.7. The Labute approximate surface area is 169 Å². The topological polar surface area (TPSA) is 67.2 Å². The third-order valence-electron chi connectivity index (χ3n) is 5.42. The van der Waals surface area contributed by atoms with Crippen LogP contribution in [-0.2, 0) is 23.2 Å². The van der Waals surface area contributed by atoms with E-state index >= 15 is 0 Å². The molecule has 4 rings (SSSR count). The zero-order chi connectivity index (χ0) is 20.5. The van der Waals surface area contributed by atoms with E-state index in [1.165, 1.54) is 6.92 Å². The van der Waals surface area contributed by atoms with Crippen molar-refractivity contribution in [3.63, 3.8) is 0 Å². The lowest BCUT2D eigenvalue weighted by Gasteiger charge is -2.32. The first kappa shape index (κ1) is 18.9. The van der Waals surface area contributed by atoms with E-state index in [0.29, 0.717) is 6.54 Å². The summed E-state index contributed by atoms with van der Waals surface area (Å²) < 4.78 is 2.00. The second kappa shape index (κ2) is 7.54. The maximum Gasteiger partial charge on any atom is 0.223 e. The Morgan fingerprint density at radius 1 is 1.17 bits per heavy atom. The first-order valence-corrected chi connectivity index (χ1v) is 9.68. The first-order valence-electron chi connectivity index (χ1n) is 9.68. The summed E-state index contributed by atoms with van der Waals surface area (Å²) in [5, 5.41) is 2.97. The molecule has 2 aromatic carbocycles.